The molecule has 1 nitrogen and oxygen atoms in total. The van der Waals surface area contributed by atoms with E-state index in [4.69, 9.17) is 4.42 Å². The van der Waals surface area contributed by atoms with Gasteiger partial charge in [-0.25, -0.2) is 0 Å². The Morgan fingerprint density at radius 2 is 0.661 bits per heavy atom. The van der Waals surface area contributed by atoms with Gasteiger partial charge in [0, 0.05) is 10.8 Å². The van der Waals surface area contributed by atoms with Gasteiger partial charge in [-0.15, -0.1) is 27.3 Å². The zero-order chi connectivity index (χ0) is 40.0. The van der Waals surface area contributed by atoms with Gasteiger partial charge in [0.05, 0.1) is 0 Å². The third-order valence-corrected chi connectivity index (χ3v) is 15.0. The molecular weight excluding hydrogens is 659 g/mol. The molecular formula is C40H39B15O. The van der Waals surface area contributed by atoms with Crippen molar-refractivity contribution in [2.45, 2.75) is 0 Å². The molecule has 0 bridgehead atoms. The van der Waals surface area contributed by atoms with Crippen molar-refractivity contribution in [3.05, 3.63) is 54.6 Å². The van der Waals surface area contributed by atoms with E-state index in [0.717, 1.165) is 11.2 Å². The van der Waals surface area contributed by atoms with E-state index in [1.807, 2.05) is 0 Å². The molecule has 9 rings (SSSR count). The van der Waals surface area contributed by atoms with Crippen LogP contribution in [0.2, 0.25) is 0 Å². The topological polar surface area (TPSA) is 13.1 Å². The minimum atomic E-state index is 1.02. The first-order valence-electron chi connectivity index (χ1n) is 20.4. The molecule has 0 amide bonds. The van der Waals surface area contributed by atoms with E-state index in [2.05, 4.69) is 172 Å². The number of benzene rings is 8. The maximum atomic E-state index is 7.13. The highest BCUT2D eigenvalue weighted by atomic mass is 16.3. The Morgan fingerprint density at radius 1 is 0.286 bits per heavy atom. The molecule has 0 aliphatic rings. The van der Waals surface area contributed by atoms with Gasteiger partial charge in [-0.3, -0.25) is 0 Å². The summed E-state index contributed by atoms with van der Waals surface area (Å²) >= 11 is 0. The zero-order valence-electron chi connectivity index (χ0n) is 36.1. The van der Waals surface area contributed by atoms with Crippen molar-refractivity contribution in [1.29, 1.82) is 0 Å². The molecule has 9 aromatic rings. The molecule has 1 heterocycles. The van der Waals surface area contributed by atoms with Gasteiger partial charge in [0.15, 0.2) is 0 Å². The summed E-state index contributed by atoms with van der Waals surface area (Å²) in [5.74, 6) is 0. The van der Waals surface area contributed by atoms with Crippen LogP contribution in [0.25, 0.3) is 87.3 Å². The molecule has 0 atom stereocenters. The highest BCUT2D eigenvalue weighted by Crippen LogP contribution is 2.44. The molecule has 0 unspecified atom stereocenters. The van der Waals surface area contributed by atoms with Gasteiger partial charge in [0.1, 0.15) is 129 Å². The van der Waals surface area contributed by atoms with Crippen LogP contribution in [0, 0.1) is 0 Å². The summed E-state index contributed by atoms with van der Waals surface area (Å²) in [5.41, 5.74) is 27.5. The molecule has 0 radical (unpaired) electrons. The van der Waals surface area contributed by atoms with Gasteiger partial charge >= 0.3 is 0 Å². The van der Waals surface area contributed by atoms with Gasteiger partial charge in [-0.2, -0.15) is 0 Å². The molecule has 0 N–H and O–H groups in total. The fourth-order valence-electron chi connectivity index (χ4n) is 10.6. The molecule has 0 saturated heterocycles. The van der Waals surface area contributed by atoms with E-state index < -0.39 is 0 Å². The standard InChI is InChI=1S/C40H39B15O/c41-24-17-15(14-9-10-5-1-2-6-11(10)12-7-3-4-8-13(12)14)18-20(27(44)35(52)33(50)25(18)42)16(19(17)26(43)34(51)32(24)49)21-28(45)29(46)22-23-30(47)36(53)37(54)38(55)40(23)56-39(22)31(21)48/h1-9H,41-55H2. The van der Waals surface area contributed by atoms with Crippen LogP contribution in [0.5, 0.6) is 0 Å². The number of hydrogen-bond acceptors (Lipinski definition) is 1. The molecule has 1 aromatic heterocycles. The lowest BCUT2D eigenvalue weighted by molar-refractivity contribution is 0.675. The molecule has 8 aromatic carbocycles. The molecule has 250 valence electrons. The van der Waals surface area contributed by atoms with Crippen molar-refractivity contribution in [1.82, 2.24) is 0 Å². The van der Waals surface area contributed by atoms with Crippen LogP contribution >= 0.6 is 0 Å². The molecule has 0 aliphatic carbocycles. The predicted octanol–water partition coefficient (Wildman–Crippen LogP) is -14.6. The summed E-state index contributed by atoms with van der Waals surface area (Å²) in [6.45, 7) is 0. The van der Waals surface area contributed by atoms with Crippen molar-refractivity contribution >= 4 is 265 Å². The monoisotopic (exact) mass is 700 g/mol. The lowest BCUT2D eigenvalue weighted by Crippen LogP contribution is -2.50. The quantitative estimate of drug-likeness (QED) is 0.0996. The second kappa shape index (κ2) is 12.8. The SMILES string of the molecule is Bc1c(B)c(B)c2c(oc3c(B)c(-c4c5c(B)c(B)c(B)c(B)c5c(-c5cc6ccccc6c6ccccc56)c5c(B)c(B)c(B)c(B)c45)c(B)c(B)c32)c1B. The number of fused-ring (bicyclic) bond motifs is 8. The number of hydrogen-bond donors (Lipinski definition) is 0. The average molecular weight is 698 g/mol. The third kappa shape index (κ3) is 4.71. The van der Waals surface area contributed by atoms with E-state index >= 15 is 0 Å². The Morgan fingerprint density at radius 3 is 1.18 bits per heavy atom. The van der Waals surface area contributed by atoms with E-state index in [9.17, 15) is 0 Å². The minimum Gasteiger partial charge on any atom is -0.457 e. The van der Waals surface area contributed by atoms with E-state index in [0.29, 0.717) is 0 Å². The van der Waals surface area contributed by atoms with E-state index in [-0.39, 0.29) is 0 Å². The van der Waals surface area contributed by atoms with Gasteiger partial charge in [0.25, 0.3) is 0 Å². The number of furan rings is 1. The smallest absolute Gasteiger partial charge is 0.145 e. The summed E-state index contributed by atoms with van der Waals surface area (Å²) in [5, 5.41) is 13.2. The van der Waals surface area contributed by atoms with Crippen molar-refractivity contribution in [2.24, 2.45) is 0 Å². The first-order chi connectivity index (χ1) is 26.6. The van der Waals surface area contributed by atoms with Crippen molar-refractivity contribution in [2.75, 3.05) is 0 Å². The fourth-order valence-corrected chi connectivity index (χ4v) is 10.6. The van der Waals surface area contributed by atoms with Crippen LogP contribution in [-0.4, -0.2) is 118 Å². The van der Waals surface area contributed by atoms with Crippen molar-refractivity contribution in [3.63, 3.8) is 0 Å². The maximum absolute atomic E-state index is 7.13. The predicted molar refractivity (Wildman–Crippen MR) is 297 cm³/mol. The lowest BCUT2D eigenvalue weighted by Gasteiger charge is -2.30. The average Bonchev–Trinajstić information content (AvgIpc) is 3.62. The third-order valence-electron chi connectivity index (χ3n) is 15.0. The van der Waals surface area contributed by atoms with Gasteiger partial charge in [-0.1, -0.05) is 97.7 Å². The van der Waals surface area contributed by atoms with E-state index in [1.165, 1.54) is 158 Å². The summed E-state index contributed by atoms with van der Waals surface area (Å²) in [4.78, 5) is 0. The molecule has 0 aliphatic heterocycles. The summed E-state index contributed by atoms with van der Waals surface area (Å²) in [7, 11) is 34.9. The van der Waals surface area contributed by atoms with Crippen LogP contribution in [0.3, 0.4) is 0 Å². The largest absolute Gasteiger partial charge is 0.457 e. The molecule has 0 saturated carbocycles. The molecule has 0 fully saturated rings. The van der Waals surface area contributed by atoms with Crippen LogP contribution in [0.4, 0.5) is 0 Å². The van der Waals surface area contributed by atoms with Gasteiger partial charge < -0.3 is 4.42 Å². The van der Waals surface area contributed by atoms with Crippen LogP contribution < -0.4 is 81.9 Å². The Balaban J connectivity index is 1.61. The van der Waals surface area contributed by atoms with Gasteiger partial charge in [-0.05, 0) is 76.9 Å². The Hall–Kier alpha value is -4.43. The van der Waals surface area contributed by atoms with Crippen molar-refractivity contribution in [3.8, 4) is 22.3 Å². The van der Waals surface area contributed by atoms with E-state index in [1.54, 1.807) is 0 Å². The molecule has 56 heavy (non-hydrogen) atoms. The minimum absolute atomic E-state index is 1.02. The summed E-state index contributed by atoms with van der Waals surface area (Å²) in [6.07, 6.45) is 0. The highest BCUT2D eigenvalue weighted by molar-refractivity contribution is 6.73. The second-order valence-corrected chi connectivity index (χ2v) is 17.2. The number of rotatable bonds is 2. The van der Waals surface area contributed by atoms with Gasteiger partial charge in [0.2, 0.25) is 0 Å². The van der Waals surface area contributed by atoms with Crippen molar-refractivity contribution < 1.29 is 4.42 Å². The first-order valence-corrected chi connectivity index (χ1v) is 20.4. The Bertz CT molecular complexity index is 3230. The Kier molecular flexibility index (Phi) is 8.49. The van der Waals surface area contributed by atoms with Crippen LogP contribution in [0.1, 0.15) is 0 Å². The zero-order valence-corrected chi connectivity index (χ0v) is 36.1. The second-order valence-electron chi connectivity index (χ2n) is 17.2. The fraction of sp³-hybridized carbons (Fsp3) is 0. The summed E-state index contributed by atoms with van der Waals surface area (Å²) in [6, 6.07) is 20.5. The lowest BCUT2D eigenvalue weighted by atomic mass is 9.58. The Labute approximate surface area is 344 Å². The van der Waals surface area contributed by atoms with Crippen LogP contribution in [-0.2, 0) is 0 Å². The van der Waals surface area contributed by atoms with Crippen LogP contribution in [0.15, 0.2) is 59.0 Å². The summed E-state index contributed by atoms with van der Waals surface area (Å²) < 4.78 is 7.13. The first kappa shape index (κ1) is 37.2. The molecule has 16 heteroatoms. The molecule has 0 spiro atoms. The maximum Gasteiger partial charge on any atom is 0.145 e. The highest BCUT2D eigenvalue weighted by Gasteiger charge is 2.29. The normalized spacial score (nSPS) is 11.9.